The van der Waals surface area contributed by atoms with Crippen LogP contribution in [0.25, 0.3) is 0 Å². The molecule has 1 saturated heterocycles. The fourth-order valence-corrected chi connectivity index (χ4v) is 3.23. The highest BCUT2D eigenvalue weighted by atomic mass is 32.1. The molecule has 0 saturated carbocycles. The van der Waals surface area contributed by atoms with Gasteiger partial charge in [-0.25, -0.2) is 0 Å². The zero-order chi connectivity index (χ0) is 15.5. The molecule has 0 spiro atoms. The van der Waals surface area contributed by atoms with Crippen LogP contribution in [-0.4, -0.2) is 18.4 Å². The summed E-state index contributed by atoms with van der Waals surface area (Å²) in [6, 6.07) is 11.8. The van der Waals surface area contributed by atoms with Crippen LogP contribution in [0.1, 0.15) is 16.9 Å². The van der Waals surface area contributed by atoms with Crippen LogP contribution in [0.2, 0.25) is 0 Å². The summed E-state index contributed by atoms with van der Waals surface area (Å²) < 4.78 is 0. The molecule has 0 bridgehead atoms. The van der Waals surface area contributed by atoms with Gasteiger partial charge in [-0.3, -0.25) is 9.59 Å². The van der Waals surface area contributed by atoms with Crippen LogP contribution in [0.4, 0.5) is 5.69 Å². The van der Waals surface area contributed by atoms with E-state index >= 15 is 0 Å². The minimum atomic E-state index is -0.270. The van der Waals surface area contributed by atoms with Crippen LogP contribution in [0.5, 0.6) is 0 Å². The molecule has 114 valence electrons. The molecule has 1 aromatic heterocycles. The summed E-state index contributed by atoms with van der Waals surface area (Å²) >= 11 is 1.61. The van der Waals surface area contributed by atoms with Gasteiger partial charge >= 0.3 is 0 Å². The summed E-state index contributed by atoms with van der Waals surface area (Å²) in [4.78, 5) is 27.2. The van der Waals surface area contributed by atoms with Gasteiger partial charge < -0.3 is 10.2 Å². The number of aryl methyl sites for hydroxylation is 1. The largest absolute Gasteiger partial charge is 0.351 e. The van der Waals surface area contributed by atoms with E-state index in [0.717, 1.165) is 16.1 Å². The van der Waals surface area contributed by atoms with E-state index in [1.807, 2.05) is 48.7 Å². The first-order valence-electron chi connectivity index (χ1n) is 7.30. The molecule has 0 radical (unpaired) electrons. The van der Waals surface area contributed by atoms with E-state index < -0.39 is 0 Å². The maximum absolute atomic E-state index is 12.2. The van der Waals surface area contributed by atoms with E-state index in [9.17, 15) is 9.59 Å². The van der Waals surface area contributed by atoms with Crippen LogP contribution >= 0.6 is 11.3 Å². The molecule has 1 aliphatic heterocycles. The Morgan fingerprint density at radius 2 is 2.09 bits per heavy atom. The van der Waals surface area contributed by atoms with E-state index in [-0.39, 0.29) is 24.2 Å². The van der Waals surface area contributed by atoms with Gasteiger partial charge in [0.2, 0.25) is 11.8 Å². The van der Waals surface area contributed by atoms with Gasteiger partial charge in [0.25, 0.3) is 0 Å². The molecule has 5 heteroatoms. The Balaban J connectivity index is 1.61. The van der Waals surface area contributed by atoms with Crippen LogP contribution in [0, 0.1) is 12.8 Å². The molecule has 1 aliphatic rings. The summed E-state index contributed by atoms with van der Waals surface area (Å²) in [6.07, 6.45) is 0.282. The predicted molar refractivity (Wildman–Crippen MR) is 87.8 cm³/mol. The lowest BCUT2D eigenvalue weighted by Gasteiger charge is -2.16. The van der Waals surface area contributed by atoms with Gasteiger partial charge in [-0.2, -0.15) is 0 Å². The first-order chi connectivity index (χ1) is 10.6. The summed E-state index contributed by atoms with van der Waals surface area (Å²) in [6.45, 7) is 3.00. The van der Waals surface area contributed by atoms with Crippen molar-refractivity contribution in [1.82, 2.24) is 5.32 Å². The number of amides is 2. The smallest absolute Gasteiger partial charge is 0.227 e. The molecule has 0 unspecified atom stereocenters. The molecular formula is C17H18N2O2S. The third kappa shape index (κ3) is 3.20. The van der Waals surface area contributed by atoms with Crippen molar-refractivity contribution in [1.29, 1.82) is 0 Å². The van der Waals surface area contributed by atoms with E-state index in [1.165, 1.54) is 0 Å². The van der Waals surface area contributed by atoms with Crippen molar-refractivity contribution in [3.05, 3.63) is 52.2 Å². The lowest BCUT2D eigenvalue weighted by molar-refractivity contribution is -0.126. The van der Waals surface area contributed by atoms with Gasteiger partial charge in [-0.15, -0.1) is 11.3 Å². The summed E-state index contributed by atoms with van der Waals surface area (Å²) in [7, 11) is 0. The molecular weight excluding hydrogens is 296 g/mol. The van der Waals surface area contributed by atoms with E-state index in [4.69, 9.17) is 0 Å². The quantitative estimate of drug-likeness (QED) is 0.943. The number of rotatable bonds is 4. The normalized spacial score (nSPS) is 17.8. The zero-order valence-corrected chi connectivity index (χ0v) is 13.2. The van der Waals surface area contributed by atoms with Crippen molar-refractivity contribution in [2.45, 2.75) is 19.9 Å². The first kappa shape index (κ1) is 14.8. The third-order valence-corrected chi connectivity index (χ3v) is 4.73. The van der Waals surface area contributed by atoms with Crippen LogP contribution in [-0.2, 0) is 16.1 Å². The molecule has 2 aromatic rings. The molecule has 1 aromatic carbocycles. The second-order valence-corrected chi connectivity index (χ2v) is 6.57. The number of benzene rings is 1. The van der Waals surface area contributed by atoms with Crippen molar-refractivity contribution < 1.29 is 9.59 Å². The molecule has 0 aliphatic carbocycles. The van der Waals surface area contributed by atoms with Crippen molar-refractivity contribution in [2.24, 2.45) is 5.92 Å². The number of carbonyl (C=O) groups excluding carboxylic acids is 2. The maximum Gasteiger partial charge on any atom is 0.227 e. The van der Waals surface area contributed by atoms with E-state index in [0.29, 0.717) is 13.1 Å². The Labute approximate surface area is 133 Å². The standard InChI is InChI=1S/C17H18N2O2S/c1-12-4-6-14(7-5-12)19-11-13(9-16(19)20)17(21)18-10-15-3-2-8-22-15/h2-8,13H,9-11H2,1H3,(H,18,21)/t13-/m1/s1. The fraction of sp³-hybridized carbons (Fsp3) is 0.294. The highest BCUT2D eigenvalue weighted by Crippen LogP contribution is 2.25. The minimum absolute atomic E-state index is 0.0140. The van der Waals surface area contributed by atoms with E-state index in [1.54, 1.807) is 16.2 Å². The molecule has 1 fully saturated rings. The SMILES string of the molecule is Cc1ccc(N2C[C@H](C(=O)NCc3cccs3)CC2=O)cc1. The summed E-state index contributed by atoms with van der Waals surface area (Å²) in [5.41, 5.74) is 2.02. The van der Waals surface area contributed by atoms with Crippen molar-refractivity contribution >= 4 is 28.8 Å². The van der Waals surface area contributed by atoms with Crippen LogP contribution in [0.15, 0.2) is 41.8 Å². The topological polar surface area (TPSA) is 49.4 Å². The molecule has 1 N–H and O–H groups in total. The van der Waals surface area contributed by atoms with E-state index in [2.05, 4.69) is 5.32 Å². The second-order valence-electron chi connectivity index (χ2n) is 5.54. The fourth-order valence-electron chi connectivity index (χ4n) is 2.59. The van der Waals surface area contributed by atoms with Crippen LogP contribution < -0.4 is 10.2 Å². The number of thiophene rings is 1. The molecule has 4 nitrogen and oxygen atoms in total. The average Bonchev–Trinajstić information content (AvgIpc) is 3.15. The zero-order valence-electron chi connectivity index (χ0n) is 12.4. The van der Waals surface area contributed by atoms with Gasteiger partial charge in [0.1, 0.15) is 0 Å². The number of carbonyl (C=O) groups is 2. The monoisotopic (exact) mass is 314 g/mol. The summed E-state index contributed by atoms with van der Waals surface area (Å²) in [5, 5.41) is 4.91. The number of hydrogen-bond donors (Lipinski definition) is 1. The highest BCUT2D eigenvalue weighted by Gasteiger charge is 2.34. The lowest BCUT2D eigenvalue weighted by atomic mass is 10.1. The Kier molecular flexibility index (Phi) is 4.24. The number of hydrogen-bond acceptors (Lipinski definition) is 3. The number of nitrogens with zero attached hydrogens (tertiary/aromatic N) is 1. The molecule has 2 heterocycles. The Morgan fingerprint density at radius 1 is 1.32 bits per heavy atom. The molecule has 1 atom stereocenters. The maximum atomic E-state index is 12.2. The Morgan fingerprint density at radius 3 is 2.77 bits per heavy atom. The predicted octanol–water partition coefficient (Wildman–Crippen LogP) is 2.73. The van der Waals surface area contributed by atoms with Crippen molar-refractivity contribution in [3.63, 3.8) is 0 Å². The van der Waals surface area contributed by atoms with Crippen LogP contribution in [0.3, 0.4) is 0 Å². The lowest BCUT2D eigenvalue weighted by Crippen LogP contribution is -2.32. The van der Waals surface area contributed by atoms with Gasteiger partial charge in [-0.1, -0.05) is 23.8 Å². The average molecular weight is 314 g/mol. The molecule has 3 rings (SSSR count). The Hall–Kier alpha value is -2.14. The molecule has 22 heavy (non-hydrogen) atoms. The second kappa shape index (κ2) is 6.32. The molecule has 2 amide bonds. The Bertz CT molecular complexity index is 664. The third-order valence-electron chi connectivity index (χ3n) is 3.86. The van der Waals surface area contributed by atoms with Gasteiger partial charge in [-0.05, 0) is 30.5 Å². The minimum Gasteiger partial charge on any atom is -0.351 e. The number of nitrogens with one attached hydrogen (secondary N) is 1. The van der Waals surface area contributed by atoms with Crippen molar-refractivity contribution in [2.75, 3.05) is 11.4 Å². The summed E-state index contributed by atoms with van der Waals surface area (Å²) in [5.74, 6) is -0.301. The van der Waals surface area contributed by atoms with Gasteiger partial charge in [0.05, 0.1) is 12.5 Å². The highest BCUT2D eigenvalue weighted by molar-refractivity contribution is 7.09. The first-order valence-corrected chi connectivity index (χ1v) is 8.18. The van der Waals surface area contributed by atoms with Gasteiger partial charge in [0.15, 0.2) is 0 Å². The number of anilines is 1. The van der Waals surface area contributed by atoms with Gasteiger partial charge in [0, 0.05) is 23.5 Å². The van der Waals surface area contributed by atoms with Crippen molar-refractivity contribution in [3.8, 4) is 0 Å².